The summed E-state index contributed by atoms with van der Waals surface area (Å²) in [7, 11) is 4.12. The molecular formula is C5H12HfO4. The minimum absolute atomic E-state index is 0. The molecule has 60 valence electrons. The molecule has 0 atom stereocenters. The van der Waals surface area contributed by atoms with Crippen molar-refractivity contribution < 1.29 is 45.2 Å². The number of rotatable bonds is 4. The topological polar surface area (TPSA) is 47.9 Å². The van der Waals surface area contributed by atoms with E-state index >= 15 is 0 Å². The van der Waals surface area contributed by atoms with E-state index in [1.54, 1.807) is 0 Å². The molecule has 0 fully saturated rings. The van der Waals surface area contributed by atoms with E-state index < -0.39 is 5.97 Å². The predicted molar refractivity (Wildman–Crippen MR) is 30.8 cm³/mol. The molecule has 0 amide bonds. The third-order valence-electron chi connectivity index (χ3n) is 0.965. The van der Waals surface area contributed by atoms with Crippen LogP contribution in [0.25, 0.3) is 0 Å². The second kappa shape index (κ2) is 6.42. The largest absolute Gasteiger partial charge is 0.376 e. The predicted octanol–water partition coefficient (Wildman–Crippen LogP) is -0.431. The normalized spacial score (nSPS) is 10.8. The van der Waals surface area contributed by atoms with Crippen molar-refractivity contribution in [2.24, 2.45) is 0 Å². The molecule has 0 aliphatic rings. The molecule has 4 nitrogen and oxygen atoms in total. The van der Waals surface area contributed by atoms with E-state index in [1.165, 1.54) is 21.3 Å². The van der Waals surface area contributed by atoms with Gasteiger partial charge in [0, 0.05) is 47.2 Å². The zero-order valence-electron chi connectivity index (χ0n) is 6.38. The standard InChI is InChI=1S/C5H12O4.Hf/c1-7-4-5(6,8-2)9-3;/h6H,4H2,1-3H3;. The minimum Gasteiger partial charge on any atom is -0.376 e. The van der Waals surface area contributed by atoms with Crippen molar-refractivity contribution in [2.45, 2.75) is 5.97 Å². The third-order valence-corrected chi connectivity index (χ3v) is 0.965. The molecule has 0 bridgehead atoms. The van der Waals surface area contributed by atoms with Crippen LogP contribution in [0.1, 0.15) is 0 Å². The maximum atomic E-state index is 9.06. The van der Waals surface area contributed by atoms with Gasteiger partial charge < -0.3 is 19.3 Å². The second-order valence-corrected chi connectivity index (χ2v) is 1.55. The van der Waals surface area contributed by atoms with Gasteiger partial charge in [0.1, 0.15) is 6.61 Å². The fourth-order valence-electron chi connectivity index (χ4n) is 0.384. The van der Waals surface area contributed by atoms with Crippen LogP contribution in [0, 0.1) is 0 Å². The fraction of sp³-hybridized carbons (Fsp3) is 1.00. The van der Waals surface area contributed by atoms with Crippen molar-refractivity contribution in [2.75, 3.05) is 27.9 Å². The maximum Gasteiger partial charge on any atom is 0.304 e. The Hall–Kier alpha value is 0.710. The van der Waals surface area contributed by atoms with Crippen molar-refractivity contribution in [1.29, 1.82) is 0 Å². The molecule has 0 saturated heterocycles. The number of methoxy groups -OCH3 is 3. The first-order valence-corrected chi connectivity index (χ1v) is 2.50. The summed E-state index contributed by atoms with van der Waals surface area (Å²) in [6, 6.07) is 0. The Labute approximate surface area is 79.2 Å². The van der Waals surface area contributed by atoms with Crippen molar-refractivity contribution >= 4 is 0 Å². The SMILES string of the molecule is COCC(O)(OC)OC.[Hf]. The molecular weight excluding hydrogens is 303 g/mol. The van der Waals surface area contributed by atoms with E-state index in [0.717, 1.165) is 0 Å². The number of hydrogen-bond donors (Lipinski definition) is 1. The zero-order valence-corrected chi connectivity index (χ0v) is 9.97. The molecule has 0 aliphatic heterocycles. The average molecular weight is 315 g/mol. The van der Waals surface area contributed by atoms with Crippen LogP contribution < -0.4 is 0 Å². The molecule has 0 spiro atoms. The third kappa shape index (κ3) is 4.51. The van der Waals surface area contributed by atoms with Crippen molar-refractivity contribution in [1.82, 2.24) is 0 Å². The summed E-state index contributed by atoms with van der Waals surface area (Å²) >= 11 is 0. The fourth-order valence-corrected chi connectivity index (χ4v) is 0.384. The van der Waals surface area contributed by atoms with Crippen LogP contribution in [0.15, 0.2) is 0 Å². The molecule has 10 heavy (non-hydrogen) atoms. The van der Waals surface area contributed by atoms with E-state index in [9.17, 15) is 0 Å². The summed E-state index contributed by atoms with van der Waals surface area (Å²) < 4.78 is 13.7. The van der Waals surface area contributed by atoms with E-state index in [2.05, 4.69) is 14.2 Å². The molecule has 0 aromatic heterocycles. The van der Waals surface area contributed by atoms with Crippen LogP contribution >= 0.6 is 0 Å². The van der Waals surface area contributed by atoms with Gasteiger partial charge in [-0.05, 0) is 0 Å². The monoisotopic (exact) mass is 316 g/mol. The van der Waals surface area contributed by atoms with E-state index in [-0.39, 0.29) is 32.5 Å². The zero-order chi connectivity index (χ0) is 7.33. The summed E-state index contributed by atoms with van der Waals surface area (Å²) in [6.45, 7) is 0. The van der Waals surface area contributed by atoms with E-state index in [4.69, 9.17) is 5.11 Å². The number of hydrogen-bond acceptors (Lipinski definition) is 4. The van der Waals surface area contributed by atoms with Gasteiger partial charge in [0.2, 0.25) is 0 Å². The van der Waals surface area contributed by atoms with Gasteiger partial charge in [-0.15, -0.1) is 0 Å². The first-order valence-electron chi connectivity index (χ1n) is 2.50. The van der Waals surface area contributed by atoms with Crippen molar-refractivity contribution in [3.63, 3.8) is 0 Å². The number of ether oxygens (including phenoxy) is 3. The summed E-state index contributed by atoms with van der Waals surface area (Å²) in [4.78, 5) is 0. The number of aliphatic hydroxyl groups is 1. The first-order chi connectivity index (χ1) is 4.18. The maximum absolute atomic E-state index is 9.06. The molecule has 0 aromatic rings. The molecule has 0 radical (unpaired) electrons. The average Bonchev–Trinajstić information content (AvgIpc) is 1.89. The molecule has 0 aromatic carbocycles. The van der Waals surface area contributed by atoms with Crippen LogP contribution in [0.3, 0.4) is 0 Å². The summed E-state index contributed by atoms with van der Waals surface area (Å²) in [5, 5.41) is 9.06. The van der Waals surface area contributed by atoms with Gasteiger partial charge in [-0.2, -0.15) is 0 Å². The van der Waals surface area contributed by atoms with Gasteiger partial charge in [-0.1, -0.05) is 0 Å². The van der Waals surface area contributed by atoms with Gasteiger partial charge in [-0.3, -0.25) is 0 Å². The molecule has 0 aliphatic carbocycles. The Kier molecular flexibility index (Phi) is 8.55. The van der Waals surface area contributed by atoms with Crippen molar-refractivity contribution in [3.8, 4) is 0 Å². The van der Waals surface area contributed by atoms with Gasteiger partial charge in [-0.25, -0.2) is 0 Å². The summed E-state index contributed by atoms with van der Waals surface area (Å²) in [5.74, 6) is -1.59. The Morgan fingerprint density at radius 2 is 1.60 bits per heavy atom. The second-order valence-electron chi connectivity index (χ2n) is 1.55. The van der Waals surface area contributed by atoms with Crippen LogP contribution in [-0.2, 0) is 40.1 Å². The quantitative estimate of drug-likeness (QED) is 0.565. The van der Waals surface area contributed by atoms with Crippen LogP contribution in [-0.4, -0.2) is 39.0 Å². The Morgan fingerprint density at radius 3 is 1.70 bits per heavy atom. The van der Waals surface area contributed by atoms with Gasteiger partial charge in [0.25, 0.3) is 0 Å². The van der Waals surface area contributed by atoms with Gasteiger partial charge in [0.05, 0.1) is 0 Å². The van der Waals surface area contributed by atoms with E-state index in [0.29, 0.717) is 0 Å². The Balaban J connectivity index is 0. The van der Waals surface area contributed by atoms with Gasteiger partial charge >= 0.3 is 5.97 Å². The van der Waals surface area contributed by atoms with E-state index in [1.807, 2.05) is 0 Å². The smallest absolute Gasteiger partial charge is 0.304 e. The van der Waals surface area contributed by atoms with Crippen LogP contribution in [0.5, 0.6) is 0 Å². The van der Waals surface area contributed by atoms with Crippen LogP contribution in [0.4, 0.5) is 0 Å². The minimum atomic E-state index is -1.59. The van der Waals surface area contributed by atoms with Gasteiger partial charge in [0.15, 0.2) is 0 Å². The molecule has 0 saturated carbocycles. The van der Waals surface area contributed by atoms with Crippen molar-refractivity contribution in [3.05, 3.63) is 0 Å². The Morgan fingerprint density at radius 1 is 1.20 bits per heavy atom. The molecule has 0 heterocycles. The molecule has 0 unspecified atom stereocenters. The molecule has 1 N–H and O–H groups in total. The summed E-state index contributed by atoms with van der Waals surface area (Å²) in [5.41, 5.74) is 0. The molecule has 0 rings (SSSR count). The first kappa shape index (κ1) is 13.3. The Bertz CT molecular complexity index is 74.0. The molecule has 5 heteroatoms. The van der Waals surface area contributed by atoms with Crippen LogP contribution in [0.2, 0.25) is 0 Å². The summed E-state index contributed by atoms with van der Waals surface area (Å²) in [6.07, 6.45) is 0.